The number of aliphatic hydroxyl groups excluding tert-OH is 1. The van der Waals surface area contributed by atoms with Gasteiger partial charge in [0.1, 0.15) is 12.3 Å². The summed E-state index contributed by atoms with van der Waals surface area (Å²) >= 11 is 1.48. The number of amides is 2. The molecule has 0 bridgehead atoms. The maximum Gasteiger partial charge on any atom is 0.356 e. The van der Waals surface area contributed by atoms with E-state index in [0.717, 1.165) is 11.3 Å². The molecule has 0 spiro atoms. The molecule has 0 aromatic heterocycles. The molecule has 4 aliphatic rings. The van der Waals surface area contributed by atoms with Crippen molar-refractivity contribution in [1.29, 1.82) is 0 Å². The number of carbonyl (C=O) groups excluding carboxylic acids is 4. The minimum Gasteiger partial charge on any atom is -0.457 e. The van der Waals surface area contributed by atoms with Crippen LogP contribution >= 0.6 is 11.8 Å². The van der Waals surface area contributed by atoms with Gasteiger partial charge in [-0.1, -0.05) is 18.7 Å². The first-order valence-corrected chi connectivity index (χ1v) is 13.2. The standard InChI is InChI=1S/C25H33N3O7S/c1-4-6-20(30)35-27-13-17(11-16(27)10-15-7-8-26-23(15)31)36-19-12-18-21(14(3)29)24(32)28(18)22(19)25(33)34-9-5-2/h4-5,14-18,21,29H,1-2,6-13H2,3H3,(H,26,31)/t14-,15?,16+,17?,18?,21?/m0/s1. The molecule has 2 N–H and O–H groups in total. The summed E-state index contributed by atoms with van der Waals surface area (Å²) in [6.45, 7) is 9.81. The summed E-state index contributed by atoms with van der Waals surface area (Å²) in [5.41, 5.74) is 0.225. The number of carbonyl (C=O) groups is 4. The smallest absolute Gasteiger partial charge is 0.356 e. The van der Waals surface area contributed by atoms with E-state index < -0.39 is 24.0 Å². The van der Waals surface area contributed by atoms with Crippen molar-refractivity contribution in [2.75, 3.05) is 19.7 Å². The van der Waals surface area contributed by atoms with Gasteiger partial charge in [-0.05, 0) is 26.2 Å². The molecule has 4 aliphatic heterocycles. The number of rotatable bonds is 11. The fraction of sp³-hybridized carbons (Fsp3) is 0.600. The Morgan fingerprint density at radius 3 is 2.72 bits per heavy atom. The van der Waals surface area contributed by atoms with Crippen molar-refractivity contribution < 1.29 is 33.9 Å². The lowest BCUT2D eigenvalue weighted by molar-refractivity contribution is -0.194. The molecule has 3 saturated heterocycles. The van der Waals surface area contributed by atoms with Crippen molar-refractivity contribution in [1.82, 2.24) is 15.3 Å². The van der Waals surface area contributed by atoms with Crippen molar-refractivity contribution in [3.63, 3.8) is 0 Å². The molecule has 2 amide bonds. The van der Waals surface area contributed by atoms with E-state index in [-0.39, 0.29) is 53.8 Å². The molecule has 3 fully saturated rings. The van der Waals surface area contributed by atoms with Gasteiger partial charge in [-0.15, -0.1) is 23.4 Å². The zero-order valence-corrected chi connectivity index (χ0v) is 21.2. The van der Waals surface area contributed by atoms with Crippen LogP contribution in [-0.4, -0.2) is 82.0 Å². The van der Waals surface area contributed by atoms with Crippen LogP contribution in [0.15, 0.2) is 35.9 Å². The fourth-order valence-corrected chi connectivity index (χ4v) is 6.97. The summed E-state index contributed by atoms with van der Waals surface area (Å²) in [6, 6.07) is -0.431. The molecule has 0 aromatic rings. The summed E-state index contributed by atoms with van der Waals surface area (Å²) in [5, 5.41) is 14.6. The fourth-order valence-electron chi connectivity index (χ4n) is 5.47. The molecule has 0 aromatic carbocycles. The normalized spacial score (nSPS) is 30.5. The van der Waals surface area contributed by atoms with E-state index >= 15 is 0 Å². The largest absolute Gasteiger partial charge is 0.457 e. The highest BCUT2D eigenvalue weighted by Crippen LogP contribution is 2.49. The van der Waals surface area contributed by atoms with Gasteiger partial charge in [0.25, 0.3) is 0 Å². The van der Waals surface area contributed by atoms with Gasteiger partial charge >= 0.3 is 11.9 Å². The van der Waals surface area contributed by atoms with Crippen molar-refractivity contribution >= 4 is 35.5 Å². The van der Waals surface area contributed by atoms with Crippen LogP contribution in [0, 0.1) is 11.8 Å². The number of hydrogen-bond acceptors (Lipinski definition) is 9. The molecular formula is C25H33N3O7S. The van der Waals surface area contributed by atoms with Crippen LogP contribution in [0.25, 0.3) is 0 Å². The topological polar surface area (TPSA) is 125 Å². The number of aliphatic hydroxyl groups is 1. The van der Waals surface area contributed by atoms with Gasteiger partial charge in [0.05, 0.1) is 24.5 Å². The Labute approximate surface area is 214 Å². The molecule has 0 radical (unpaired) electrons. The minimum atomic E-state index is -0.818. The highest BCUT2D eigenvalue weighted by Gasteiger charge is 2.57. The summed E-state index contributed by atoms with van der Waals surface area (Å²) in [4.78, 5) is 57.8. The van der Waals surface area contributed by atoms with Gasteiger partial charge in [0, 0.05) is 41.6 Å². The zero-order chi connectivity index (χ0) is 26.0. The van der Waals surface area contributed by atoms with Gasteiger partial charge in [-0.3, -0.25) is 14.4 Å². The van der Waals surface area contributed by atoms with E-state index in [1.807, 2.05) is 0 Å². The third kappa shape index (κ3) is 5.23. The van der Waals surface area contributed by atoms with Crippen molar-refractivity contribution in [2.24, 2.45) is 11.8 Å². The Bertz CT molecular complexity index is 981. The first kappa shape index (κ1) is 26.4. The highest BCUT2D eigenvalue weighted by atomic mass is 32.2. The van der Waals surface area contributed by atoms with E-state index in [1.54, 1.807) is 12.0 Å². The second kappa shape index (κ2) is 11.2. The predicted molar refractivity (Wildman–Crippen MR) is 132 cm³/mol. The highest BCUT2D eigenvalue weighted by molar-refractivity contribution is 8.03. The number of nitrogens with zero attached hydrogens (tertiary/aromatic N) is 2. The molecular weight excluding hydrogens is 486 g/mol. The number of esters is 1. The van der Waals surface area contributed by atoms with E-state index in [4.69, 9.17) is 9.57 Å². The van der Waals surface area contributed by atoms with Gasteiger partial charge in [0.15, 0.2) is 0 Å². The van der Waals surface area contributed by atoms with Crippen LogP contribution < -0.4 is 5.32 Å². The van der Waals surface area contributed by atoms with E-state index in [2.05, 4.69) is 18.5 Å². The molecule has 36 heavy (non-hydrogen) atoms. The van der Waals surface area contributed by atoms with Crippen LogP contribution in [0.4, 0.5) is 0 Å². The SMILES string of the molecule is C=CCOC(=O)C1=C(SC2C[C@@H](CC3CCNC3=O)N(OC(=O)CC=C)C2)CC2C([C@H](C)O)C(=O)N12. The number of hydrogen-bond donors (Lipinski definition) is 2. The minimum absolute atomic E-state index is 0.0151. The molecule has 0 aliphatic carbocycles. The monoisotopic (exact) mass is 519 g/mol. The Hall–Kier alpha value is -2.63. The Morgan fingerprint density at radius 1 is 1.31 bits per heavy atom. The second-order valence-electron chi connectivity index (χ2n) is 9.60. The summed E-state index contributed by atoms with van der Waals surface area (Å²) in [7, 11) is 0. The van der Waals surface area contributed by atoms with Crippen LogP contribution in [0.2, 0.25) is 0 Å². The summed E-state index contributed by atoms with van der Waals surface area (Å²) < 4.78 is 5.27. The molecule has 4 heterocycles. The number of ether oxygens (including phenoxy) is 1. The van der Waals surface area contributed by atoms with Crippen LogP contribution in [0.5, 0.6) is 0 Å². The van der Waals surface area contributed by atoms with Gasteiger partial charge < -0.3 is 24.9 Å². The molecule has 4 unspecified atom stereocenters. The quantitative estimate of drug-likeness (QED) is 0.236. The lowest BCUT2D eigenvalue weighted by atomic mass is 9.83. The van der Waals surface area contributed by atoms with Crippen LogP contribution in [0.1, 0.15) is 39.0 Å². The average molecular weight is 520 g/mol. The van der Waals surface area contributed by atoms with E-state index in [9.17, 15) is 24.3 Å². The first-order chi connectivity index (χ1) is 17.2. The summed E-state index contributed by atoms with van der Waals surface area (Å²) in [5.74, 6) is -1.97. The molecule has 6 atom stereocenters. The van der Waals surface area contributed by atoms with Crippen LogP contribution in [0.3, 0.4) is 0 Å². The summed E-state index contributed by atoms with van der Waals surface area (Å²) in [6.07, 6.45) is 4.61. The maximum atomic E-state index is 12.9. The average Bonchev–Trinajstić information content (AvgIpc) is 3.48. The van der Waals surface area contributed by atoms with E-state index in [1.165, 1.54) is 28.8 Å². The van der Waals surface area contributed by atoms with E-state index in [0.29, 0.717) is 32.4 Å². The maximum absolute atomic E-state index is 12.9. The number of fused-ring (bicyclic) bond motifs is 1. The second-order valence-corrected chi connectivity index (χ2v) is 11.0. The Balaban J connectivity index is 1.52. The van der Waals surface area contributed by atoms with Gasteiger partial charge in [0.2, 0.25) is 11.8 Å². The number of hydroxylamine groups is 2. The van der Waals surface area contributed by atoms with Gasteiger partial charge in [-0.2, -0.15) is 0 Å². The van der Waals surface area contributed by atoms with Crippen molar-refractivity contribution in [3.05, 3.63) is 35.9 Å². The molecule has 196 valence electrons. The van der Waals surface area contributed by atoms with Gasteiger partial charge in [-0.25, -0.2) is 4.79 Å². The number of β-lactam (4-membered cyclic amide) rings is 1. The Kier molecular flexibility index (Phi) is 8.21. The molecule has 0 saturated carbocycles. The lowest BCUT2D eigenvalue weighted by Gasteiger charge is -2.44. The predicted octanol–water partition coefficient (Wildman–Crippen LogP) is 1.28. The number of nitrogens with one attached hydrogen (secondary N) is 1. The first-order valence-electron chi connectivity index (χ1n) is 12.3. The zero-order valence-electron chi connectivity index (χ0n) is 20.4. The third-order valence-corrected chi connectivity index (χ3v) is 8.42. The third-order valence-electron chi connectivity index (χ3n) is 7.10. The van der Waals surface area contributed by atoms with Crippen molar-refractivity contribution in [3.8, 4) is 0 Å². The Morgan fingerprint density at radius 2 is 2.08 bits per heavy atom. The molecule has 11 heteroatoms. The molecule has 10 nitrogen and oxygen atoms in total. The molecule has 4 rings (SSSR count). The van der Waals surface area contributed by atoms with Crippen molar-refractivity contribution in [2.45, 2.75) is 62.5 Å². The number of thioether (sulfide) groups is 1. The lowest BCUT2D eigenvalue weighted by Crippen LogP contribution is -2.61. The van der Waals surface area contributed by atoms with Crippen LogP contribution in [-0.2, 0) is 28.8 Å².